The van der Waals surface area contributed by atoms with Crippen LogP contribution in [0.15, 0.2) is 72.8 Å². The molecule has 4 heteroatoms. The van der Waals surface area contributed by atoms with Crippen molar-refractivity contribution < 1.29 is 9.53 Å². The quantitative estimate of drug-likeness (QED) is 0.738. The molecule has 4 rings (SSSR count). The number of rotatable bonds is 3. The molecule has 1 aliphatic heterocycles. The molecular weight excluding hydrogens is 312 g/mol. The summed E-state index contributed by atoms with van der Waals surface area (Å²) in [5, 5.41) is 5.90. The van der Waals surface area contributed by atoms with Crippen molar-refractivity contribution in [3.8, 4) is 16.9 Å². The fourth-order valence-corrected chi connectivity index (χ4v) is 3.23. The number of methoxy groups -OCH3 is 1. The fraction of sp³-hybridized carbons (Fsp3) is 0.0952. The van der Waals surface area contributed by atoms with E-state index < -0.39 is 0 Å². The predicted octanol–water partition coefficient (Wildman–Crippen LogP) is 4.59. The second-order valence-electron chi connectivity index (χ2n) is 5.95. The highest BCUT2D eigenvalue weighted by atomic mass is 16.5. The molecule has 0 bridgehead atoms. The zero-order valence-corrected chi connectivity index (χ0v) is 13.8. The Kier molecular flexibility index (Phi) is 3.86. The monoisotopic (exact) mass is 330 g/mol. The van der Waals surface area contributed by atoms with Gasteiger partial charge in [-0.1, -0.05) is 60.7 Å². The number of ether oxygens (including phenoxy) is 1. The summed E-state index contributed by atoms with van der Waals surface area (Å²) in [5.41, 5.74) is 4.91. The van der Waals surface area contributed by atoms with E-state index in [9.17, 15) is 4.79 Å². The number of amides is 2. The van der Waals surface area contributed by atoms with Gasteiger partial charge in [0.25, 0.3) is 0 Å². The van der Waals surface area contributed by atoms with Crippen LogP contribution in [0.3, 0.4) is 0 Å². The lowest BCUT2D eigenvalue weighted by Crippen LogP contribution is -2.38. The molecule has 2 amide bonds. The van der Waals surface area contributed by atoms with Crippen LogP contribution in [-0.2, 0) is 0 Å². The molecule has 0 aromatic heterocycles. The van der Waals surface area contributed by atoms with E-state index in [1.807, 2.05) is 54.6 Å². The molecule has 0 saturated carbocycles. The summed E-state index contributed by atoms with van der Waals surface area (Å²) in [6.07, 6.45) is 0. The summed E-state index contributed by atoms with van der Waals surface area (Å²) in [4.78, 5) is 12.1. The smallest absolute Gasteiger partial charge is 0.320 e. The van der Waals surface area contributed by atoms with Gasteiger partial charge in [-0.05, 0) is 17.2 Å². The van der Waals surface area contributed by atoms with E-state index >= 15 is 0 Å². The zero-order chi connectivity index (χ0) is 17.2. The second kappa shape index (κ2) is 6.32. The number of hydrogen-bond acceptors (Lipinski definition) is 2. The van der Waals surface area contributed by atoms with E-state index in [0.717, 1.165) is 33.7 Å². The maximum Gasteiger partial charge on any atom is 0.320 e. The molecule has 124 valence electrons. The van der Waals surface area contributed by atoms with E-state index in [0.29, 0.717) is 0 Å². The van der Waals surface area contributed by atoms with E-state index in [1.165, 1.54) is 0 Å². The molecule has 4 nitrogen and oxygen atoms in total. The first-order chi connectivity index (χ1) is 12.3. The molecule has 3 aromatic carbocycles. The second-order valence-corrected chi connectivity index (χ2v) is 5.95. The Morgan fingerprint density at radius 1 is 0.920 bits per heavy atom. The molecule has 2 N–H and O–H groups in total. The summed E-state index contributed by atoms with van der Waals surface area (Å²) in [6.45, 7) is 0. The predicted molar refractivity (Wildman–Crippen MR) is 98.9 cm³/mol. The van der Waals surface area contributed by atoms with Gasteiger partial charge in [-0.3, -0.25) is 0 Å². The van der Waals surface area contributed by atoms with Crippen molar-refractivity contribution in [1.29, 1.82) is 0 Å². The topological polar surface area (TPSA) is 50.4 Å². The van der Waals surface area contributed by atoms with Crippen molar-refractivity contribution in [2.24, 2.45) is 0 Å². The van der Waals surface area contributed by atoms with Crippen LogP contribution in [-0.4, -0.2) is 13.1 Å². The third kappa shape index (κ3) is 2.83. The molecule has 0 saturated heterocycles. The van der Waals surface area contributed by atoms with Crippen LogP contribution >= 0.6 is 0 Å². The van der Waals surface area contributed by atoms with E-state index in [2.05, 4.69) is 28.8 Å². The van der Waals surface area contributed by atoms with E-state index in [-0.39, 0.29) is 12.1 Å². The number of anilines is 1. The van der Waals surface area contributed by atoms with Crippen LogP contribution in [0.1, 0.15) is 17.2 Å². The Bertz CT molecular complexity index is 908. The number of hydrogen-bond donors (Lipinski definition) is 2. The number of fused-ring (bicyclic) bond motifs is 1. The van der Waals surface area contributed by atoms with Crippen molar-refractivity contribution in [3.05, 3.63) is 83.9 Å². The van der Waals surface area contributed by atoms with Crippen LogP contribution in [0.5, 0.6) is 5.75 Å². The molecule has 3 aromatic rings. The lowest BCUT2D eigenvalue weighted by atomic mass is 9.92. The van der Waals surface area contributed by atoms with Gasteiger partial charge in [-0.15, -0.1) is 0 Å². The molecule has 0 aliphatic carbocycles. The van der Waals surface area contributed by atoms with E-state index in [1.54, 1.807) is 7.11 Å². The first kappa shape index (κ1) is 15.3. The van der Waals surface area contributed by atoms with E-state index in [4.69, 9.17) is 4.74 Å². The van der Waals surface area contributed by atoms with Crippen LogP contribution in [0.2, 0.25) is 0 Å². The highest BCUT2D eigenvalue weighted by Crippen LogP contribution is 2.40. The Morgan fingerprint density at radius 2 is 1.60 bits per heavy atom. The molecule has 0 radical (unpaired) electrons. The van der Waals surface area contributed by atoms with Gasteiger partial charge in [0.15, 0.2) is 0 Å². The van der Waals surface area contributed by atoms with Gasteiger partial charge in [0.1, 0.15) is 5.75 Å². The normalized spacial score (nSPS) is 15.7. The molecule has 1 heterocycles. The summed E-state index contributed by atoms with van der Waals surface area (Å²) in [5.74, 6) is 0.735. The molecular formula is C21H18N2O2. The first-order valence-corrected chi connectivity index (χ1v) is 8.16. The van der Waals surface area contributed by atoms with Crippen molar-refractivity contribution in [3.63, 3.8) is 0 Å². The van der Waals surface area contributed by atoms with Gasteiger partial charge in [-0.2, -0.15) is 0 Å². The van der Waals surface area contributed by atoms with Crippen molar-refractivity contribution in [2.45, 2.75) is 6.04 Å². The highest BCUT2D eigenvalue weighted by molar-refractivity contribution is 5.95. The molecule has 1 atom stereocenters. The van der Waals surface area contributed by atoms with Crippen molar-refractivity contribution in [1.82, 2.24) is 5.32 Å². The minimum absolute atomic E-state index is 0.196. The molecule has 1 aliphatic rings. The average Bonchev–Trinajstić information content (AvgIpc) is 2.67. The number of carbonyl (C=O) groups is 1. The maximum atomic E-state index is 12.1. The maximum absolute atomic E-state index is 12.1. The van der Waals surface area contributed by atoms with Gasteiger partial charge in [-0.25, -0.2) is 4.79 Å². The lowest BCUT2D eigenvalue weighted by molar-refractivity contribution is 0.249. The van der Waals surface area contributed by atoms with Gasteiger partial charge < -0.3 is 15.4 Å². The fourth-order valence-electron chi connectivity index (χ4n) is 3.23. The standard InChI is InChI=1S/C21H18N2O2/c1-25-19-13-18-17(12-16(19)14-8-4-2-5-9-14)20(23-21(24)22-18)15-10-6-3-7-11-15/h2-13,20H,1H3,(H2,22,23,24). The van der Waals surface area contributed by atoms with Crippen molar-refractivity contribution in [2.75, 3.05) is 12.4 Å². The summed E-state index contributed by atoms with van der Waals surface area (Å²) in [6, 6.07) is 23.6. The summed E-state index contributed by atoms with van der Waals surface area (Å²) >= 11 is 0. The summed E-state index contributed by atoms with van der Waals surface area (Å²) < 4.78 is 5.57. The number of benzene rings is 3. The largest absolute Gasteiger partial charge is 0.496 e. The van der Waals surface area contributed by atoms with Crippen LogP contribution in [0, 0.1) is 0 Å². The molecule has 0 spiro atoms. The highest BCUT2D eigenvalue weighted by Gasteiger charge is 2.27. The van der Waals surface area contributed by atoms with Gasteiger partial charge in [0, 0.05) is 17.2 Å². The number of carbonyl (C=O) groups excluding carboxylic acids is 1. The Balaban J connectivity index is 1.90. The van der Waals surface area contributed by atoms with Crippen molar-refractivity contribution >= 4 is 11.7 Å². The average molecular weight is 330 g/mol. The third-order valence-electron chi connectivity index (χ3n) is 4.42. The molecule has 25 heavy (non-hydrogen) atoms. The third-order valence-corrected chi connectivity index (χ3v) is 4.42. The van der Waals surface area contributed by atoms with Gasteiger partial charge in [0.2, 0.25) is 0 Å². The first-order valence-electron chi connectivity index (χ1n) is 8.16. The van der Waals surface area contributed by atoms with Crippen LogP contribution in [0.4, 0.5) is 10.5 Å². The summed E-state index contributed by atoms with van der Waals surface area (Å²) in [7, 11) is 1.64. The zero-order valence-electron chi connectivity index (χ0n) is 13.8. The lowest BCUT2D eigenvalue weighted by Gasteiger charge is -2.29. The SMILES string of the molecule is COc1cc2c(cc1-c1ccccc1)C(c1ccccc1)NC(=O)N2. The molecule has 1 unspecified atom stereocenters. The van der Waals surface area contributed by atoms with Gasteiger partial charge in [0.05, 0.1) is 18.8 Å². The minimum atomic E-state index is -0.212. The number of urea groups is 1. The molecule has 0 fully saturated rings. The Labute approximate surface area is 146 Å². The number of nitrogens with one attached hydrogen (secondary N) is 2. The Hall–Kier alpha value is -3.27. The Morgan fingerprint density at radius 3 is 2.28 bits per heavy atom. The van der Waals surface area contributed by atoms with Crippen LogP contribution in [0.25, 0.3) is 11.1 Å². The van der Waals surface area contributed by atoms with Gasteiger partial charge >= 0.3 is 6.03 Å². The van der Waals surface area contributed by atoms with Crippen LogP contribution < -0.4 is 15.4 Å². The minimum Gasteiger partial charge on any atom is -0.496 e.